The summed E-state index contributed by atoms with van der Waals surface area (Å²) in [6.45, 7) is 0. The first-order chi connectivity index (χ1) is 9.01. The lowest BCUT2D eigenvalue weighted by atomic mass is 9.71. The van der Waals surface area contributed by atoms with Crippen LogP contribution in [-0.2, 0) is 9.84 Å². The predicted octanol–water partition coefficient (Wildman–Crippen LogP) is 2.07. The Bertz CT molecular complexity index is 639. The van der Waals surface area contributed by atoms with Gasteiger partial charge in [-0.25, -0.2) is 8.42 Å². The van der Waals surface area contributed by atoms with Crippen molar-refractivity contribution >= 4 is 9.84 Å². The Kier molecular flexibility index (Phi) is 2.26. The van der Waals surface area contributed by atoms with E-state index in [1.165, 1.54) is 19.3 Å². The van der Waals surface area contributed by atoms with E-state index in [1.54, 1.807) is 6.07 Å². The van der Waals surface area contributed by atoms with Gasteiger partial charge in [0.1, 0.15) is 0 Å². The van der Waals surface area contributed by atoms with E-state index in [4.69, 9.17) is 5.73 Å². The molecular formula is C15H19NO2S. The van der Waals surface area contributed by atoms with Crippen LogP contribution in [-0.4, -0.2) is 19.7 Å². The van der Waals surface area contributed by atoms with Crippen molar-refractivity contribution < 1.29 is 8.42 Å². The molecule has 3 nitrogen and oxygen atoms in total. The van der Waals surface area contributed by atoms with Gasteiger partial charge >= 0.3 is 0 Å². The zero-order chi connectivity index (χ0) is 13.3. The van der Waals surface area contributed by atoms with Gasteiger partial charge in [-0.1, -0.05) is 24.6 Å². The molecule has 4 unspecified atom stereocenters. The SMILES string of the molecule is NC1(C2CS(=O)(=O)c3ccccc32)CC2CCC1C2. The van der Waals surface area contributed by atoms with Crippen LogP contribution in [0.5, 0.6) is 0 Å². The summed E-state index contributed by atoms with van der Waals surface area (Å²) >= 11 is 0. The van der Waals surface area contributed by atoms with Gasteiger partial charge in [-0.2, -0.15) is 0 Å². The van der Waals surface area contributed by atoms with Crippen LogP contribution in [0.2, 0.25) is 0 Å². The van der Waals surface area contributed by atoms with Gasteiger partial charge in [0.2, 0.25) is 0 Å². The van der Waals surface area contributed by atoms with E-state index >= 15 is 0 Å². The van der Waals surface area contributed by atoms with Gasteiger partial charge < -0.3 is 5.73 Å². The molecule has 2 N–H and O–H groups in total. The monoisotopic (exact) mass is 277 g/mol. The molecule has 0 spiro atoms. The molecule has 4 atom stereocenters. The second-order valence-electron chi connectivity index (χ2n) is 6.56. The van der Waals surface area contributed by atoms with Crippen molar-refractivity contribution in [1.82, 2.24) is 0 Å². The van der Waals surface area contributed by atoms with Crippen LogP contribution in [0, 0.1) is 11.8 Å². The van der Waals surface area contributed by atoms with Crippen LogP contribution in [0.25, 0.3) is 0 Å². The predicted molar refractivity (Wildman–Crippen MR) is 73.6 cm³/mol. The summed E-state index contributed by atoms with van der Waals surface area (Å²) in [7, 11) is -3.13. The lowest BCUT2D eigenvalue weighted by molar-refractivity contribution is 0.235. The number of rotatable bonds is 1. The van der Waals surface area contributed by atoms with Crippen molar-refractivity contribution in [1.29, 1.82) is 0 Å². The average molecular weight is 277 g/mol. The molecule has 3 aliphatic rings. The fourth-order valence-corrected chi connectivity index (χ4v) is 6.70. The Labute approximate surface area is 114 Å². The van der Waals surface area contributed by atoms with E-state index < -0.39 is 9.84 Å². The molecule has 1 aliphatic heterocycles. The van der Waals surface area contributed by atoms with Crippen molar-refractivity contribution in [3.05, 3.63) is 29.8 Å². The van der Waals surface area contributed by atoms with Gasteiger partial charge in [-0.05, 0) is 42.7 Å². The third kappa shape index (κ3) is 1.50. The molecule has 102 valence electrons. The van der Waals surface area contributed by atoms with Crippen molar-refractivity contribution in [2.24, 2.45) is 17.6 Å². The Hall–Kier alpha value is -0.870. The Balaban J connectivity index is 1.82. The maximum atomic E-state index is 12.3. The summed E-state index contributed by atoms with van der Waals surface area (Å²) in [4.78, 5) is 0.521. The number of fused-ring (bicyclic) bond motifs is 3. The number of sulfone groups is 1. The van der Waals surface area contributed by atoms with Gasteiger partial charge in [0.15, 0.2) is 9.84 Å². The largest absolute Gasteiger partial charge is 0.324 e. The van der Waals surface area contributed by atoms with Gasteiger partial charge in [0, 0.05) is 11.5 Å². The molecule has 1 aromatic carbocycles. The van der Waals surface area contributed by atoms with E-state index in [-0.39, 0.29) is 17.2 Å². The zero-order valence-electron chi connectivity index (χ0n) is 10.9. The zero-order valence-corrected chi connectivity index (χ0v) is 11.7. The standard InChI is InChI=1S/C15H19NO2S/c16-15(8-10-5-6-11(15)7-10)13-9-19(17,18)14-4-2-1-3-12(13)14/h1-4,10-11,13H,5-9,16H2. The number of benzene rings is 1. The molecule has 2 saturated carbocycles. The first kappa shape index (κ1) is 11.9. The van der Waals surface area contributed by atoms with Crippen LogP contribution in [0.1, 0.15) is 37.2 Å². The number of nitrogens with two attached hydrogens (primary N) is 1. The normalized spacial score (nSPS) is 42.5. The van der Waals surface area contributed by atoms with E-state index in [9.17, 15) is 8.42 Å². The summed E-state index contributed by atoms with van der Waals surface area (Å²) in [6, 6.07) is 7.44. The molecule has 1 heterocycles. The van der Waals surface area contributed by atoms with Crippen LogP contribution >= 0.6 is 0 Å². The van der Waals surface area contributed by atoms with Crippen LogP contribution in [0.3, 0.4) is 0 Å². The highest BCUT2D eigenvalue weighted by Crippen LogP contribution is 2.57. The molecule has 2 bridgehead atoms. The molecule has 0 saturated heterocycles. The summed E-state index contributed by atoms with van der Waals surface area (Å²) in [5.41, 5.74) is 7.40. The van der Waals surface area contributed by atoms with Crippen molar-refractivity contribution in [3.8, 4) is 0 Å². The minimum absolute atomic E-state index is 0.00370. The molecule has 19 heavy (non-hydrogen) atoms. The molecule has 2 fully saturated rings. The molecule has 0 amide bonds. The average Bonchev–Trinajstić information content (AvgIpc) is 3.02. The summed E-state index contributed by atoms with van der Waals surface area (Å²) in [5.74, 6) is 1.46. The highest BCUT2D eigenvalue weighted by Gasteiger charge is 2.56. The molecule has 4 rings (SSSR count). The maximum Gasteiger partial charge on any atom is 0.179 e. The summed E-state index contributed by atoms with van der Waals surface area (Å²) < 4.78 is 24.6. The summed E-state index contributed by atoms with van der Waals surface area (Å²) in [6.07, 6.45) is 4.67. The van der Waals surface area contributed by atoms with Crippen molar-refractivity contribution in [2.75, 3.05) is 5.75 Å². The molecule has 1 aromatic rings. The molecule has 0 radical (unpaired) electrons. The molecule has 4 heteroatoms. The van der Waals surface area contributed by atoms with Gasteiger partial charge in [0.05, 0.1) is 10.6 Å². The van der Waals surface area contributed by atoms with Crippen LogP contribution in [0.15, 0.2) is 29.2 Å². The molecular weight excluding hydrogens is 258 g/mol. The minimum Gasteiger partial charge on any atom is -0.324 e. The minimum atomic E-state index is -3.13. The molecule has 2 aliphatic carbocycles. The topological polar surface area (TPSA) is 60.2 Å². The Morgan fingerprint density at radius 2 is 2.00 bits per heavy atom. The first-order valence-corrected chi connectivity index (χ1v) is 8.76. The Morgan fingerprint density at radius 3 is 2.68 bits per heavy atom. The summed E-state index contributed by atoms with van der Waals surface area (Å²) in [5, 5.41) is 0. The van der Waals surface area contributed by atoms with Crippen LogP contribution < -0.4 is 5.73 Å². The lowest BCUT2D eigenvalue weighted by Crippen LogP contribution is -2.50. The van der Waals surface area contributed by atoms with E-state index in [1.807, 2.05) is 18.2 Å². The second-order valence-corrected chi connectivity index (χ2v) is 8.57. The van der Waals surface area contributed by atoms with Crippen molar-refractivity contribution in [2.45, 2.75) is 42.0 Å². The van der Waals surface area contributed by atoms with Gasteiger partial charge in [-0.3, -0.25) is 0 Å². The highest BCUT2D eigenvalue weighted by molar-refractivity contribution is 7.91. The quantitative estimate of drug-likeness (QED) is 0.855. The number of hydrogen-bond acceptors (Lipinski definition) is 3. The van der Waals surface area contributed by atoms with Crippen molar-refractivity contribution in [3.63, 3.8) is 0 Å². The van der Waals surface area contributed by atoms with E-state index in [2.05, 4.69) is 0 Å². The van der Waals surface area contributed by atoms with E-state index in [0.29, 0.717) is 10.8 Å². The third-order valence-electron chi connectivity index (χ3n) is 5.61. The van der Waals surface area contributed by atoms with Gasteiger partial charge in [-0.15, -0.1) is 0 Å². The molecule has 0 aromatic heterocycles. The maximum absolute atomic E-state index is 12.3. The Morgan fingerprint density at radius 1 is 1.21 bits per heavy atom. The smallest absolute Gasteiger partial charge is 0.179 e. The first-order valence-electron chi connectivity index (χ1n) is 7.11. The van der Waals surface area contributed by atoms with E-state index in [0.717, 1.165) is 17.9 Å². The highest BCUT2D eigenvalue weighted by atomic mass is 32.2. The van der Waals surface area contributed by atoms with Crippen LogP contribution in [0.4, 0.5) is 0 Å². The fraction of sp³-hybridized carbons (Fsp3) is 0.600. The second kappa shape index (κ2) is 3.61. The number of hydrogen-bond donors (Lipinski definition) is 1. The third-order valence-corrected chi connectivity index (χ3v) is 7.42. The van der Waals surface area contributed by atoms with Gasteiger partial charge in [0.25, 0.3) is 0 Å². The fourth-order valence-electron chi connectivity index (χ4n) is 4.74. The lowest BCUT2D eigenvalue weighted by Gasteiger charge is -2.39.